The zero-order chi connectivity index (χ0) is 9.52. The Bertz CT molecular complexity index is 221. The molecule has 72 valence electrons. The molecule has 0 aliphatic carbocycles. The second kappa shape index (κ2) is 6.12. The van der Waals surface area contributed by atoms with Crippen molar-refractivity contribution in [1.29, 1.82) is 0 Å². The second-order valence-corrected chi connectivity index (χ2v) is 4.32. The molecule has 2 heteroatoms. The summed E-state index contributed by atoms with van der Waals surface area (Å²) in [5, 5.41) is 0. The van der Waals surface area contributed by atoms with Gasteiger partial charge in [0.25, 0.3) is 0 Å². The van der Waals surface area contributed by atoms with Crippen molar-refractivity contribution in [3.8, 4) is 0 Å². The summed E-state index contributed by atoms with van der Waals surface area (Å²) in [6.07, 6.45) is 2.64. The van der Waals surface area contributed by atoms with Gasteiger partial charge in [0.2, 0.25) is 0 Å². The molecule has 0 aliphatic rings. The van der Waals surface area contributed by atoms with Gasteiger partial charge in [0, 0.05) is 8.81 Å². The SMILES string of the molecule is CC(C)OPCCc1ccccc1. The Morgan fingerprint density at radius 2 is 1.92 bits per heavy atom. The van der Waals surface area contributed by atoms with Crippen LogP contribution in [0.2, 0.25) is 0 Å². The molecule has 0 aromatic heterocycles. The highest BCUT2D eigenvalue weighted by Crippen LogP contribution is 2.16. The van der Waals surface area contributed by atoms with E-state index in [0.29, 0.717) is 14.9 Å². The molecule has 0 radical (unpaired) electrons. The molecule has 0 N–H and O–H groups in total. The Labute approximate surface area is 82.4 Å². The first-order chi connectivity index (χ1) is 6.29. The van der Waals surface area contributed by atoms with Crippen molar-refractivity contribution in [3.05, 3.63) is 35.9 Å². The van der Waals surface area contributed by atoms with Gasteiger partial charge < -0.3 is 4.52 Å². The Hall–Kier alpha value is -0.390. The van der Waals surface area contributed by atoms with E-state index in [1.165, 1.54) is 5.56 Å². The fourth-order valence-corrected chi connectivity index (χ4v) is 1.91. The average Bonchev–Trinajstić information content (AvgIpc) is 2.14. The molecular formula is C11H17OP. The molecule has 1 rings (SSSR count). The Kier molecular flexibility index (Phi) is 5.03. The van der Waals surface area contributed by atoms with Crippen LogP contribution in [0.15, 0.2) is 30.3 Å². The molecular weight excluding hydrogens is 179 g/mol. The van der Waals surface area contributed by atoms with E-state index in [-0.39, 0.29) is 0 Å². The van der Waals surface area contributed by atoms with Crippen molar-refractivity contribution in [1.82, 2.24) is 0 Å². The van der Waals surface area contributed by atoms with Gasteiger partial charge in [-0.2, -0.15) is 0 Å². The predicted molar refractivity (Wildman–Crippen MR) is 59.5 cm³/mol. The fourth-order valence-electron chi connectivity index (χ4n) is 1.07. The first-order valence-corrected chi connectivity index (χ1v) is 5.83. The Morgan fingerprint density at radius 1 is 1.23 bits per heavy atom. The third kappa shape index (κ3) is 5.02. The summed E-state index contributed by atoms with van der Waals surface area (Å²) in [7, 11) is 0.638. The molecule has 0 heterocycles. The van der Waals surface area contributed by atoms with E-state index in [1.807, 2.05) is 0 Å². The summed E-state index contributed by atoms with van der Waals surface area (Å²) in [5.74, 6) is 0. The van der Waals surface area contributed by atoms with Crippen LogP contribution in [0.4, 0.5) is 0 Å². The molecule has 1 unspecified atom stereocenters. The average molecular weight is 196 g/mol. The summed E-state index contributed by atoms with van der Waals surface area (Å²) in [6.45, 7) is 4.16. The highest BCUT2D eigenvalue weighted by molar-refractivity contribution is 7.32. The number of rotatable bonds is 5. The van der Waals surface area contributed by atoms with Crippen LogP contribution < -0.4 is 0 Å². The largest absolute Gasteiger partial charge is 0.360 e. The van der Waals surface area contributed by atoms with Crippen LogP contribution in [0.3, 0.4) is 0 Å². The van der Waals surface area contributed by atoms with Crippen molar-refractivity contribution in [3.63, 3.8) is 0 Å². The highest BCUT2D eigenvalue weighted by atomic mass is 31.1. The smallest absolute Gasteiger partial charge is 0.0558 e. The summed E-state index contributed by atoms with van der Waals surface area (Å²) in [6, 6.07) is 10.6. The lowest BCUT2D eigenvalue weighted by atomic mass is 10.2. The molecule has 1 nitrogen and oxygen atoms in total. The molecule has 0 saturated heterocycles. The van der Waals surface area contributed by atoms with Gasteiger partial charge >= 0.3 is 0 Å². The van der Waals surface area contributed by atoms with E-state index in [0.717, 1.165) is 12.6 Å². The van der Waals surface area contributed by atoms with Crippen LogP contribution in [0, 0.1) is 0 Å². The van der Waals surface area contributed by atoms with Crippen LogP contribution in [0.1, 0.15) is 19.4 Å². The fraction of sp³-hybridized carbons (Fsp3) is 0.455. The maximum Gasteiger partial charge on any atom is 0.0558 e. The first-order valence-electron chi connectivity index (χ1n) is 4.71. The van der Waals surface area contributed by atoms with E-state index in [1.54, 1.807) is 0 Å². The maximum absolute atomic E-state index is 5.49. The topological polar surface area (TPSA) is 9.23 Å². The van der Waals surface area contributed by atoms with Gasteiger partial charge in [-0.1, -0.05) is 30.3 Å². The summed E-state index contributed by atoms with van der Waals surface area (Å²) in [4.78, 5) is 0. The Morgan fingerprint density at radius 3 is 2.54 bits per heavy atom. The van der Waals surface area contributed by atoms with Crippen molar-refractivity contribution in [2.24, 2.45) is 0 Å². The van der Waals surface area contributed by atoms with Gasteiger partial charge in [0.1, 0.15) is 0 Å². The maximum atomic E-state index is 5.49. The van der Waals surface area contributed by atoms with Crippen molar-refractivity contribution in [2.75, 3.05) is 6.16 Å². The predicted octanol–water partition coefficient (Wildman–Crippen LogP) is 3.25. The van der Waals surface area contributed by atoms with E-state index in [4.69, 9.17) is 4.52 Å². The third-order valence-corrected chi connectivity index (χ3v) is 2.77. The minimum absolute atomic E-state index is 0.370. The number of hydrogen-bond acceptors (Lipinski definition) is 1. The molecule has 0 aliphatic heterocycles. The summed E-state index contributed by atoms with van der Waals surface area (Å²) >= 11 is 0. The standard InChI is InChI=1S/C11H17OP/c1-10(2)12-13-9-8-11-6-4-3-5-7-11/h3-7,10,13H,8-9H2,1-2H3. The van der Waals surface area contributed by atoms with E-state index >= 15 is 0 Å². The monoisotopic (exact) mass is 196 g/mol. The van der Waals surface area contributed by atoms with Crippen LogP contribution >= 0.6 is 8.81 Å². The van der Waals surface area contributed by atoms with Crippen LogP contribution in [0.5, 0.6) is 0 Å². The van der Waals surface area contributed by atoms with E-state index in [2.05, 4.69) is 44.2 Å². The van der Waals surface area contributed by atoms with Gasteiger partial charge in [-0.05, 0) is 32.0 Å². The lowest BCUT2D eigenvalue weighted by Gasteiger charge is -2.06. The van der Waals surface area contributed by atoms with Crippen LogP contribution in [0.25, 0.3) is 0 Å². The number of benzene rings is 1. The molecule has 13 heavy (non-hydrogen) atoms. The minimum atomic E-state index is 0.370. The van der Waals surface area contributed by atoms with Gasteiger partial charge in [0.05, 0.1) is 6.10 Å². The zero-order valence-corrected chi connectivity index (χ0v) is 9.29. The molecule has 1 atom stereocenters. The second-order valence-electron chi connectivity index (χ2n) is 3.30. The Balaban J connectivity index is 2.13. The number of hydrogen-bond donors (Lipinski definition) is 0. The number of aryl methyl sites for hydroxylation is 1. The van der Waals surface area contributed by atoms with Crippen LogP contribution in [-0.4, -0.2) is 12.3 Å². The zero-order valence-electron chi connectivity index (χ0n) is 8.29. The summed E-state index contributed by atoms with van der Waals surface area (Å²) < 4.78 is 5.49. The molecule has 0 bridgehead atoms. The molecule has 0 saturated carbocycles. The summed E-state index contributed by atoms with van der Waals surface area (Å²) in [5.41, 5.74) is 1.40. The van der Waals surface area contributed by atoms with Gasteiger partial charge in [-0.15, -0.1) is 0 Å². The van der Waals surface area contributed by atoms with E-state index < -0.39 is 0 Å². The first kappa shape index (κ1) is 10.7. The minimum Gasteiger partial charge on any atom is -0.360 e. The lowest BCUT2D eigenvalue weighted by molar-refractivity contribution is 0.279. The highest BCUT2D eigenvalue weighted by Gasteiger charge is 1.94. The quantitative estimate of drug-likeness (QED) is 0.519. The van der Waals surface area contributed by atoms with Crippen LogP contribution in [-0.2, 0) is 10.9 Å². The van der Waals surface area contributed by atoms with Gasteiger partial charge in [-0.25, -0.2) is 0 Å². The van der Waals surface area contributed by atoms with Crippen molar-refractivity contribution >= 4 is 8.81 Å². The molecule has 1 aromatic rings. The molecule has 0 amide bonds. The molecule has 0 spiro atoms. The van der Waals surface area contributed by atoms with Crippen molar-refractivity contribution < 1.29 is 4.52 Å². The lowest BCUT2D eigenvalue weighted by Crippen LogP contribution is -1.95. The molecule has 1 aromatic carbocycles. The normalized spacial score (nSPS) is 11.6. The van der Waals surface area contributed by atoms with Gasteiger partial charge in [0.15, 0.2) is 0 Å². The van der Waals surface area contributed by atoms with Gasteiger partial charge in [-0.3, -0.25) is 0 Å². The van der Waals surface area contributed by atoms with E-state index in [9.17, 15) is 0 Å². The third-order valence-electron chi connectivity index (χ3n) is 1.68. The molecule has 0 fully saturated rings. The van der Waals surface area contributed by atoms with Crippen molar-refractivity contribution in [2.45, 2.75) is 26.4 Å².